The first kappa shape index (κ1) is 27.0. The lowest BCUT2D eigenvalue weighted by molar-refractivity contribution is -0.153. The van der Waals surface area contributed by atoms with E-state index in [1.54, 1.807) is 25.2 Å². The molecule has 6 nitrogen and oxygen atoms in total. The quantitative estimate of drug-likeness (QED) is 0.434. The van der Waals surface area contributed by atoms with Gasteiger partial charge in [0.05, 0.1) is 40.3 Å². The number of Topliss-reactive ketones (excluding diaryl/α,β-unsaturated/α-hetero) is 1. The van der Waals surface area contributed by atoms with E-state index in [-0.39, 0.29) is 29.8 Å². The highest BCUT2D eigenvalue weighted by Gasteiger charge is 2.52. The standard InChI is InChI=1S/C27H41NO5S/c1-16-9-8-10-27(7)23(33-27)13-21(17(2)12-20-15-34-19(4)28-20)32-24(30)14-22(29)26(5,6)25(31)18(3)11-16/h12,15-16,18,21-23,29H,8-11,13-14H2,1-7H3/b17-12+/t16-,18+,21-,22-,23-,27+/m0/s1. The highest BCUT2D eigenvalue weighted by Crippen LogP contribution is 2.45. The van der Waals surface area contributed by atoms with Crippen LogP contribution in [0.1, 0.15) is 90.8 Å². The molecule has 2 saturated heterocycles. The van der Waals surface area contributed by atoms with Crippen molar-refractivity contribution in [3.05, 3.63) is 21.7 Å². The summed E-state index contributed by atoms with van der Waals surface area (Å²) in [6, 6.07) is 0. The molecule has 2 aliphatic heterocycles. The summed E-state index contributed by atoms with van der Waals surface area (Å²) in [6.45, 7) is 13.6. The monoisotopic (exact) mass is 491 g/mol. The number of aliphatic hydroxyl groups excluding tert-OH is 1. The first-order valence-corrected chi connectivity index (χ1v) is 13.4. The number of nitrogens with zero attached hydrogens (tertiary/aromatic N) is 1. The Bertz CT molecular complexity index is 922. The number of ether oxygens (including phenoxy) is 2. The SMILES string of the molecule is C/C(=C\c1csc(C)n1)[C@@H]1C[C@@H]2O[C@]2(C)CCC[C@H](C)C[C@@H](C)C(=O)C(C)(C)[C@@H](O)CC(=O)O1. The van der Waals surface area contributed by atoms with Crippen molar-refractivity contribution < 1.29 is 24.2 Å². The summed E-state index contributed by atoms with van der Waals surface area (Å²) in [4.78, 5) is 30.6. The Morgan fingerprint density at radius 2 is 1.94 bits per heavy atom. The highest BCUT2D eigenvalue weighted by molar-refractivity contribution is 7.09. The van der Waals surface area contributed by atoms with Gasteiger partial charge in [-0.25, -0.2) is 4.98 Å². The molecule has 0 bridgehead atoms. The average Bonchev–Trinajstić information content (AvgIpc) is 3.18. The lowest BCUT2D eigenvalue weighted by Gasteiger charge is -2.32. The number of hydrogen-bond acceptors (Lipinski definition) is 7. The Hall–Kier alpha value is -1.57. The second kappa shape index (κ2) is 10.6. The van der Waals surface area contributed by atoms with Crippen LogP contribution in [0.25, 0.3) is 6.08 Å². The fourth-order valence-electron chi connectivity index (χ4n) is 5.15. The van der Waals surface area contributed by atoms with E-state index in [4.69, 9.17) is 9.47 Å². The van der Waals surface area contributed by atoms with Crippen LogP contribution in [0.15, 0.2) is 11.0 Å². The third-order valence-corrected chi connectivity index (χ3v) is 8.45. The van der Waals surface area contributed by atoms with E-state index >= 15 is 0 Å². The molecule has 190 valence electrons. The summed E-state index contributed by atoms with van der Waals surface area (Å²) < 4.78 is 12.0. The lowest BCUT2D eigenvalue weighted by atomic mass is 9.74. The molecule has 3 rings (SSSR count). The van der Waals surface area contributed by atoms with Crippen molar-refractivity contribution in [2.24, 2.45) is 17.3 Å². The smallest absolute Gasteiger partial charge is 0.309 e. The average molecular weight is 492 g/mol. The number of epoxide rings is 1. The van der Waals surface area contributed by atoms with Crippen LogP contribution in [0.4, 0.5) is 0 Å². The summed E-state index contributed by atoms with van der Waals surface area (Å²) in [6.07, 6.45) is 4.53. The maximum atomic E-state index is 13.2. The summed E-state index contributed by atoms with van der Waals surface area (Å²) in [5.74, 6) is -0.277. The van der Waals surface area contributed by atoms with Crippen LogP contribution in [0.3, 0.4) is 0 Å². The van der Waals surface area contributed by atoms with Crippen molar-refractivity contribution in [2.75, 3.05) is 0 Å². The summed E-state index contributed by atoms with van der Waals surface area (Å²) in [7, 11) is 0. The zero-order chi connectivity index (χ0) is 25.3. The molecule has 3 heterocycles. The Labute approximate surface area is 208 Å². The molecule has 34 heavy (non-hydrogen) atoms. The number of carbonyl (C=O) groups excluding carboxylic acids is 2. The fraction of sp³-hybridized carbons (Fsp3) is 0.741. The van der Waals surface area contributed by atoms with Gasteiger partial charge in [-0.05, 0) is 51.2 Å². The van der Waals surface area contributed by atoms with Crippen LogP contribution in [0, 0.1) is 24.2 Å². The third-order valence-electron chi connectivity index (χ3n) is 7.66. The zero-order valence-corrected chi connectivity index (χ0v) is 22.5. The Morgan fingerprint density at radius 3 is 2.59 bits per heavy atom. The van der Waals surface area contributed by atoms with Gasteiger partial charge in [0.2, 0.25) is 0 Å². The number of hydrogen-bond donors (Lipinski definition) is 1. The van der Waals surface area contributed by atoms with Gasteiger partial charge in [-0.1, -0.05) is 40.5 Å². The van der Waals surface area contributed by atoms with Crippen molar-refractivity contribution >= 4 is 29.2 Å². The molecule has 0 unspecified atom stereocenters. The number of ketones is 1. The normalized spacial score (nSPS) is 36.0. The predicted octanol–water partition coefficient (Wildman–Crippen LogP) is 5.51. The number of aliphatic hydroxyl groups is 1. The molecule has 0 amide bonds. The number of rotatable bonds is 2. The summed E-state index contributed by atoms with van der Waals surface area (Å²) in [5, 5.41) is 13.8. The topological polar surface area (TPSA) is 89.0 Å². The van der Waals surface area contributed by atoms with Gasteiger partial charge in [0.1, 0.15) is 11.9 Å². The minimum atomic E-state index is -1.10. The molecule has 0 aromatic carbocycles. The van der Waals surface area contributed by atoms with Gasteiger partial charge in [0.15, 0.2) is 0 Å². The third kappa shape index (κ3) is 6.55. The van der Waals surface area contributed by atoms with Crippen LogP contribution >= 0.6 is 11.3 Å². The van der Waals surface area contributed by atoms with E-state index in [0.717, 1.165) is 42.0 Å². The van der Waals surface area contributed by atoms with Gasteiger partial charge >= 0.3 is 5.97 Å². The molecule has 0 saturated carbocycles. The second-order valence-corrected chi connectivity index (χ2v) is 12.3. The Morgan fingerprint density at radius 1 is 1.24 bits per heavy atom. The van der Waals surface area contributed by atoms with Gasteiger partial charge in [0, 0.05) is 17.7 Å². The van der Waals surface area contributed by atoms with Crippen LogP contribution in [0.2, 0.25) is 0 Å². The molecule has 0 aliphatic carbocycles. The van der Waals surface area contributed by atoms with E-state index in [1.807, 2.05) is 32.2 Å². The summed E-state index contributed by atoms with van der Waals surface area (Å²) in [5.41, 5.74) is 0.510. The summed E-state index contributed by atoms with van der Waals surface area (Å²) >= 11 is 1.58. The molecule has 2 aliphatic rings. The molecule has 1 N–H and O–H groups in total. The lowest BCUT2D eigenvalue weighted by Crippen LogP contribution is -2.42. The van der Waals surface area contributed by atoms with E-state index < -0.39 is 23.6 Å². The minimum absolute atomic E-state index is 0.00387. The van der Waals surface area contributed by atoms with Crippen LogP contribution < -0.4 is 0 Å². The molecular weight excluding hydrogens is 450 g/mol. The molecule has 1 aromatic rings. The van der Waals surface area contributed by atoms with Crippen LogP contribution in [0.5, 0.6) is 0 Å². The molecule has 1 aromatic heterocycles. The minimum Gasteiger partial charge on any atom is -0.458 e. The molecule has 0 radical (unpaired) electrons. The molecule has 0 spiro atoms. The highest BCUT2D eigenvalue weighted by atomic mass is 32.1. The van der Waals surface area contributed by atoms with E-state index in [9.17, 15) is 14.7 Å². The van der Waals surface area contributed by atoms with Crippen molar-refractivity contribution in [3.8, 4) is 0 Å². The van der Waals surface area contributed by atoms with E-state index in [2.05, 4.69) is 18.8 Å². The van der Waals surface area contributed by atoms with E-state index in [1.165, 1.54) is 0 Å². The Kier molecular flexibility index (Phi) is 8.42. The van der Waals surface area contributed by atoms with Gasteiger partial charge in [-0.3, -0.25) is 9.59 Å². The fourth-order valence-corrected chi connectivity index (χ4v) is 5.72. The number of esters is 1. The molecular formula is C27H41NO5S. The van der Waals surface area contributed by atoms with Crippen molar-refractivity contribution in [3.63, 3.8) is 0 Å². The van der Waals surface area contributed by atoms with Gasteiger partial charge in [0.25, 0.3) is 0 Å². The zero-order valence-electron chi connectivity index (χ0n) is 21.7. The van der Waals surface area contributed by atoms with Crippen LogP contribution in [-0.2, 0) is 19.1 Å². The first-order valence-electron chi connectivity index (χ1n) is 12.5. The van der Waals surface area contributed by atoms with Gasteiger partial charge < -0.3 is 14.6 Å². The molecule has 2 fully saturated rings. The predicted molar refractivity (Wildman–Crippen MR) is 134 cm³/mol. The molecule has 6 atom stereocenters. The first-order chi connectivity index (χ1) is 15.8. The van der Waals surface area contributed by atoms with Gasteiger partial charge in [-0.2, -0.15) is 0 Å². The number of aromatic nitrogens is 1. The Balaban J connectivity index is 1.83. The second-order valence-electron chi connectivity index (χ2n) is 11.3. The number of cyclic esters (lactones) is 1. The number of thiazole rings is 1. The van der Waals surface area contributed by atoms with Gasteiger partial charge in [-0.15, -0.1) is 11.3 Å². The van der Waals surface area contributed by atoms with E-state index in [0.29, 0.717) is 12.3 Å². The number of aryl methyl sites for hydroxylation is 1. The van der Waals surface area contributed by atoms with Crippen molar-refractivity contribution in [2.45, 2.75) is 111 Å². The van der Waals surface area contributed by atoms with Crippen molar-refractivity contribution in [1.82, 2.24) is 4.98 Å². The van der Waals surface area contributed by atoms with Crippen molar-refractivity contribution in [1.29, 1.82) is 0 Å². The largest absolute Gasteiger partial charge is 0.458 e. The molecule has 7 heteroatoms. The maximum absolute atomic E-state index is 13.2. The number of fused-ring (bicyclic) bond motifs is 1. The number of carbonyl (C=O) groups is 2. The van der Waals surface area contributed by atoms with Crippen LogP contribution in [-0.4, -0.2) is 45.8 Å². The maximum Gasteiger partial charge on any atom is 0.309 e.